The Hall–Kier alpha value is -2.80. The number of amides is 2. The van der Waals surface area contributed by atoms with E-state index in [1.165, 1.54) is 18.9 Å². The maximum atomic E-state index is 12.8. The maximum absolute atomic E-state index is 12.8. The van der Waals surface area contributed by atoms with Crippen LogP contribution in [0.1, 0.15) is 49.2 Å². The number of ether oxygens (including phenoxy) is 1. The van der Waals surface area contributed by atoms with Crippen LogP contribution in [-0.2, 0) is 14.3 Å². The molecule has 2 N–H and O–H groups in total. The molecule has 2 aromatic carbocycles. The zero-order valence-electron chi connectivity index (χ0n) is 17.0. The molecule has 0 aliphatic heterocycles. The van der Waals surface area contributed by atoms with E-state index in [9.17, 15) is 14.4 Å². The molecule has 154 valence electrons. The van der Waals surface area contributed by atoms with E-state index in [0.717, 1.165) is 11.3 Å². The summed E-state index contributed by atoms with van der Waals surface area (Å²) in [7, 11) is 1.35. The molecule has 0 saturated carbocycles. The molecule has 2 atom stereocenters. The molecule has 2 aromatic rings. The molecule has 6 nitrogen and oxygen atoms in total. The highest BCUT2D eigenvalue weighted by Crippen LogP contribution is 2.28. The van der Waals surface area contributed by atoms with Crippen molar-refractivity contribution in [3.63, 3.8) is 0 Å². The molecule has 0 saturated heterocycles. The van der Waals surface area contributed by atoms with Gasteiger partial charge in [-0.05, 0) is 43.7 Å². The Balaban J connectivity index is 2.08. The molecule has 7 heteroatoms. The fraction of sp³-hybridized carbons (Fsp3) is 0.318. The number of anilines is 1. The summed E-state index contributed by atoms with van der Waals surface area (Å²) in [6, 6.07) is 14.3. The van der Waals surface area contributed by atoms with Crippen LogP contribution in [0, 0.1) is 0 Å². The lowest BCUT2D eigenvalue weighted by Crippen LogP contribution is -2.27. The van der Waals surface area contributed by atoms with Crippen molar-refractivity contribution in [3.05, 3.63) is 59.7 Å². The van der Waals surface area contributed by atoms with Crippen molar-refractivity contribution in [3.8, 4) is 0 Å². The van der Waals surface area contributed by atoms with Gasteiger partial charge < -0.3 is 15.4 Å². The lowest BCUT2D eigenvalue weighted by molar-refractivity contribution is -0.139. The normalized spacial score (nSPS) is 12.6. The lowest BCUT2D eigenvalue weighted by Gasteiger charge is -2.17. The van der Waals surface area contributed by atoms with E-state index in [0.29, 0.717) is 16.9 Å². The van der Waals surface area contributed by atoms with Crippen molar-refractivity contribution in [1.82, 2.24) is 5.32 Å². The van der Waals surface area contributed by atoms with Gasteiger partial charge in [-0.15, -0.1) is 11.8 Å². The predicted molar refractivity (Wildman–Crippen MR) is 115 cm³/mol. The smallest absolute Gasteiger partial charge is 0.318 e. The molecule has 0 aliphatic rings. The second kappa shape index (κ2) is 10.7. The zero-order valence-corrected chi connectivity index (χ0v) is 17.8. The largest absolute Gasteiger partial charge is 0.468 e. The van der Waals surface area contributed by atoms with E-state index in [1.54, 1.807) is 26.0 Å². The van der Waals surface area contributed by atoms with Crippen molar-refractivity contribution in [2.24, 2.45) is 0 Å². The topological polar surface area (TPSA) is 84.5 Å². The van der Waals surface area contributed by atoms with Crippen molar-refractivity contribution >= 4 is 35.2 Å². The second-order valence-electron chi connectivity index (χ2n) is 6.50. The summed E-state index contributed by atoms with van der Waals surface area (Å²) in [5, 5.41) is 5.36. The standard InChI is InChI=1S/C22H26N2O4S/c1-5-20(25)24-17-12-10-16(11-13-17)14(2)23-21(26)18-8-6-7-9-19(18)29-15(3)22(27)28-4/h6-15H,5H2,1-4H3,(H,23,26)(H,24,25). The molecule has 2 rings (SSSR count). The number of carbonyl (C=O) groups excluding carboxylic acids is 3. The number of esters is 1. The highest BCUT2D eigenvalue weighted by Gasteiger charge is 2.20. The van der Waals surface area contributed by atoms with Gasteiger partial charge in [-0.1, -0.05) is 31.2 Å². The number of nitrogens with one attached hydrogen (secondary N) is 2. The van der Waals surface area contributed by atoms with Crippen molar-refractivity contribution < 1.29 is 19.1 Å². The quantitative estimate of drug-likeness (QED) is 0.500. The van der Waals surface area contributed by atoms with Crippen molar-refractivity contribution in [1.29, 1.82) is 0 Å². The molecule has 2 unspecified atom stereocenters. The van der Waals surface area contributed by atoms with E-state index in [2.05, 4.69) is 10.6 Å². The summed E-state index contributed by atoms with van der Waals surface area (Å²) in [4.78, 5) is 36.7. The number of hydrogen-bond acceptors (Lipinski definition) is 5. The van der Waals surface area contributed by atoms with Crippen LogP contribution in [0.5, 0.6) is 0 Å². The van der Waals surface area contributed by atoms with Gasteiger partial charge in [-0.25, -0.2) is 0 Å². The van der Waals surface area contributed by atoms with E-state index < -0.39 is 5.25 Å². The average Bonchev–Trinajstić information content (AvgIpc) is 2.73. The van der Waals surface area contributed by atoms with E-state index in [4.69, 9.17) is 4.74 Å². The number of carbonyl (C=O) groups is 3. The Morgan fingerprint density at radius 3 is 2.31 bits per heavy atom. The third-order valence-electron chi connectivity index (χ3n) is 4.33. The minimum Gasteiger partial charge on any atom is -0.468 e. The first-order valence-electron chi connectivity index (χ1n) is 9.39. The molecular weight excluding hydrogens is 388 g/mol. The number of hydrogen-bond donors (Lipinski definition) is 2. The number of methoxy groups -OCH3 is 1. The summed E-state index contributed by atoms with van der Waals surface area (Å²) in [5.74, 6) is -0.607. The molecule has 0 heterocycles. The van der Waals surface area contributed by atoms with Crippen LogP contribution in [0.2, 0.25) is 0 Å². The molecule has 0 aromatic heterocycles. The number of benzene rings is 2. The first-order valence-corrected chi connectivity index (χ1v) is 10.3. The first-order chi connectivity index (χ1) is 13.8. The van der Waals surface area contributed by atoms with Gasteiger partial charge in [0.1, 0.15) is 5.25 Å². The monoisotopic (exact) mass is 414 g/mol. The van der Waals surface area contributed by atoms with Crippen LogP contribution < -0.4 is 10.6 Å². The Bertz CT molecular complexity index is 867. The zero-order chi connectivity index (χ0) is 21.4. The predicted octanol–water partition coefficient (Wildman–Crippen LogP) is 4.18. The summed E-state index contributed by atoms with van der Waals surface area (Å²) >= 11 is 1.29. The van der Waals surface area contributed by atoms with Crippen LogP contribution in [0.15, 0.2) is 53.4 Å². The van der Waals surface area contributed by atoms with Gasteiger partial charge in [-0.2, -0.15) is 0 Å². The summed E-state index contributed by atoms with van der Waals surface area (Å²) in [6.07, 6.45) is 0.417. The van der Waals surface area contributed by atoms with Crippen molar-refractivity contribution in [2.75, 3.05) is 12.4 Å². The van der Waals surface area contributed by atoms with Gasteiger partial charge in [-0.3, -0.25) is 14.4 Å². The molecule has 0 radical (unpaired) electrons. The minimum atomic E-state index is -0.419. The molecule has 2 amide bonds. The van der Waals surface area contributed by atoms with Crippen LogP contribution in [-0.4, -0.2) is 30.1 Å². The van der Waals surface area contributed by atoms with Gasteiger partial charge in [0.25, 0.3) is 5.91 Å². The number of thioether (sulfide) groups is 1. The van der Waals surface area contributed by atoms with E-state index >= 15 is 0 Å². The Morgan fingerprint density at radius 2 is 1.69 bits per heavy atom. The lowest BCUT2D eigenvalue weighted by atomic mass is 10.1. The molecule has 0 bridgehead atoms. The minimum absolute atomic E-state index is 0.0469. The molecular formula is C22H26N2O4S. The summed E-state index contributed by atoms with van der Waals surface area (Å²) in [5.41, 5.74) is 2.14. The van der Waals surface area contributed by atoms with Crippen LogP contribution in [0.4, 0.5) is 5.69 Å². The summed E-state index contributed by atoms with van der Waals surface area (Å²) < 4.78 is 4.76. The second-order valence-corrected chi connectivity index (χ2v) is 7.88. The van der Waals surface area contributed by atoms with E-state index in [-0.39, 0.29) is 23.8 Å². The molecule has 29 heavy (non-hydrogen) atoms. The maximum Gasteiger partial charge on any atom is 0.318 e. The Morgan fingerprint density at radius 1 is 1.03 bits per heavy atom. The first kappa shape index (κ1) is 22.5. The molecule has 0 spiro atoms. The van der Waals surface area contributed by atoms with Crippen LogP contribution in [0.3, 0.4) is 0 Å². The SMILES string of the molecule is CCC(=O)Nc1ccc(C(C)NC(=O)c2ccccc2SC(C)C(=O)OC)cc1. The van der Waals surface area contributed by atoms with Crippen molar-refractivity contribution in [2.45, 2.75) is 43.4 Å². The van der Waals surface area contributed by atoms with E-state index in [1.807, 2.05) is 43.3 Å². The average molecular weight is 415 g/mol. The molecule has 0 aliphatic carbocycles. The van der Waals surface area contributed by atoms with Gasteiger partial charge in [0.15, 0.2) is 0 Å². The highest BCUT2D eigenvalue weighted by molar-refractivity contribution is 8.00. The highest BCUT2D eigenvalue weighted by atomic mass is 32.2. The fourth-order valence-corrected chi connectivity index (χ4v) is 3.64. The third-order valence-corrected chi connectivity index (χ3v) is 5.49. The van der Waals surface area contributed by atoms with Gasteiger partial charge in [0.05, 0.1) is 18.7 Å². The molecule has 0 fully saturated rings. The third kappa shape index (κ3) is 6.35. The van der Waals surface area contributed by atoms with Crippen LogP contribution in [0.25, 0.3) is 0 Å². The van der Waals surface area contributed by atoms with Gasteiger partial charge >= 0.3 is 5.97 Å². The van der Waals surface area contributed by atoms with Crippen LogP contribution >= 0.6 is 11.8 Å². The fourth-order valence-electron chi connectivity index (χ4n) is 2.62. The Labute approximate surface area is 175 Å². The van der Waals surface area contributed by atoms with Gasteiger partial charge in [0.2, 0.25) is 5.91 Å². The summed E-state index contributed by atoms with van der Waals surface area (Å²) in [6.45, 7) is 5.43. The number of rotatable bonds is 8. The Kier molecular flexibility index (Phi) is 8.27. The van der Waals surface area contributed by atoms with Gasteiger partial charge in [0, 0.05) is 17.0 Å².